The molecule has 0 aliphatic heterocycles. The lowest BCUT2D eigenvalue weighted by Crippen LogP contribution is -2.08. The van der Waals surface area contributed by atoms with Crippen molar-refractivity contribution >= 4 is 5.97 Å². The largest absolute Gasteiger partial charge is 0.466 e. The molecule has 0 rings (SSSR count). The second kappa shape index (κ2) is 4.81. The van der Waals surface area contributed by atoms with E-state index in [0.717, 1.165) is 0 Å². The van der Waals surface area contributed by atoms with Crippen LogP contribution in [0.1, 0.15) is 0 Å². The number of ether oxygens (including phenoxy) is 2. The summed E-state index contributed by atoms with van der Waals surface area (Å²) in [6.45, 7) is 0.245. The van der Waals surface area contributed by atoms with Gasteiger partial charge in [-0.2, -0.15) is 0 Å². The Hall–Kier alpha value is -1.03. The Morgan fingerprint density at radius 2 is 2.20 bits per heavy atom. The SMILES string of the molecule is COC/C(N)=C/C(=O)OC. The van der Waals surface area contributed by atoms with Gasteiger partial charge in [0.15, 0.2) is 0 Å². The van der Waals surface area contributed by atoms with Gasteiger partial charge in [-0.05, 0) is 0 Å². The molecule has 0 fully saturated rings. The highest BCUT2D eigenvalue weighted by Crippen LogP contribution is 1.85. The molecule has 0 aliphatic carbocycles. The molecular weight excluding hydrogens is 134 g/mol. The Morgan fingerprint density at radius 1 is 1.60 bits per heavy atom. The molecule has 4 heteroatoms. The van der Waals surface area contributed by atoms with Gasteiger partial charge in [0.2, 0.25) is 0 Å². The minimum atomic E-state index is -0.463. The molecule has 2 N–H and O–H groups in total. The lowest BCUT2D eigenvalue weighted by molar-refractivity contribution is -0.134. The Morgan fingerprint density at radius 3 is 2.60 bits per heavy atom. The van der Waals surface area contributed by atoms with Gasteiger partial charge in [-0.25, -0.2) is 4.79 Å². The lowest BCUT2D eigenvalue weighted by atomic mass is 10.4. The average Bonchev–Trinajstić information content (AvgIpc) is 1.88. The molecule has 0 aromatic rings. The second-order valence-electron chi connectivity index (χ2n) is 1.68. The molecule has 0 saturated heterocycles. The summed E-state index contributed by atoms with van der Waals surface area (Å²) in [5.74, 6) is -0.463. The van der Waals surface area contributed by atoms with E-state index in [4.69, 9.17) is 5.73 Å². The number of rotatable bonds is 3. The molecule has 0 heterocycles. The van der Waals surface area contributed by atoms with Crippen molar-refractivity contribution in [3.05, 3.63) is 11.8 Å². The third kappa shape index (κ3) is 3.91. The van der Waals surface area contributed by atoms with Crippen molar-refractivity contribution in [2.24, 2.45) is 5.73 Å². The van der Waals surface area contributed by atoms with E-state index in [9.17, 15) is 4.79 Å². The minimum Gasteiger partial charge on any atom is -0.466 e. The summed E-state index contributed by atoms with van der Waals surface area (Å²) in [6.07, 6.45) is 1.18. The van der Waals surface area contributed by atoms with Gasteiger partial charge in [-0.1, -0.05) is 0 Å². The summed E-state index contributed by atoms with van der Waals surface area (Å²) in [4.78, 5) is 10.5. The smallest absolute Gasteiger partial charge is 0.332 e. The van der Waals surface area contributed by atoms with E-state index in [0.29, 0.717) is 5.70 Å². The van der Waals surface area contributed by atoms with Crippen LogP contribution in [0.2, 0.25) is 0 Å². The highest BCUT2D eigenvalue weighted by molar-refractivity contribution is 5.82. The zero-order chi connectivity index (χ0) is 7.98. The topological polar surface area (TPSA) is 61.5 Å². The van der Waals surface area contributed by atoms with Gasteiger partial charge in [0.25, 0.3) is 0 Å². The third-order valence-corrected chi connectivity index (χ3v) is 0.815. The molecule has 0 atom stereocenters. The van der Waals surface area contributed by atoms with Crippen LogP contribution in [-0.4, -0.2) is 26.8 Å². The van der Waals surface area contributed by atoms with E-state index in [2.05, 4.69) is 9.47 Å². The van der Waals surface area contributed by atoms with Gasteiger partial charge in [-0.3, -0.25) is 0 Å². The van der Waals surface area contributed by atoms with Gasteiger partial charge in [0, 0.05) is 18.9 Å². The summed E-state index contributed by atoms with van der Waals surface area (Å²) >= 11 is 0. The Labute approximate surface area is 59.6 Å². The van der Waals surface area contributed by atoms with Gasteiger partial charge >= 0.3 is 5.97 Å². The maximum absolute atomic E-state index is 10.5. The Kier molecular flexibility index (Phi) is 4.32. The fraction of sp³-hybridized carbons (Fsp3) is 0.500. The van der Waals surface area contributed by atoms with Crippen LogP contribution in [0.3, 0.4) is 0 Å². The summed E-state index contributed by atoms with van der Waals surface area (Å²) in [5, 5.41) is 0. The van der Waals surface area contributed by atoms with Crippen molar-refractivity contribution in [3.8, 4) is 0 Å². The lowest BCUT2D eigenvalue weighted by Gasteiger charge is -1.96. The summed E-state index contributed by atoms with van der Waals surface area (Å²) < 4.78 is 8.96. The predicted molar refractivity (Wildman–Crippen MR) is 36.2 cm³/mol. The summed E-state index contributed by atoms with van der Waals surface area (Å²) in [6, 6.07) is 0. The van der Waals surface area contributed by atoms with Gasteiger partial charge in [-0.15, -0.1) is 0 Å². The molecule has 0 aromatic carbocycles. The zero-order valence-electron chi connectivity index (χ0n) is 6.09. The molecule has 0 spiro atoms. The highest BCUT2D eigenvalue weighted by atomic mass is 16.5. The monoisotopic (exact) mass is 145 g/mol. The molecule has 10 heavy (non-hydrogen) atoms. The maximum Gasteiger partial charge on any atom is 0.332 e. The highest BCUT2D eigenvalue weighted by Gasteiger charge is 1.95. The number of esters is 1. The van der Waals surface area contributed by atoms with Crippen LogP contribution in [0.4, 0.5) is 0 Å². The van der Waals surface area contributed by atoms with Gasteiger partial charge in [0.05, 0.1) is 13.7 Å². The van der Waals surface area contributed by atoms with E-state index < -0.39 is 5.97 Å². The Bertz CT molecular complexity index is 142. The first kappa shape index (κ1) is 8.97. The number of carbonyl (C=O) groups is 1. The minimum absolute atomic E-state index is 0.245. The van der Waals surface area contributed by atoms with Crippen LogP contribution in [0, 0.1) is 0 Å². The molecule has 0 aromatic heterocycles. The number of carbonyl (C=O) groups excluding carboxylic acids is 1. The number of hydrogen-bond acceptors (Lipinski definition) is 4. The molecule has 0 saturated carbocycles. The molecule has 4 nitrogen and oxygen atoms in total. The average molecular weight is 145 g/mol. The molecule has 0 amide bonds. The van der Waals surface area contributed by atoms with Crippen molar-refractivity contribution in [3.63, 3.8) is 0 Å². The quantitative estimate of drug-likeness (QED) is 0.435. The van der Waals surface area contributed by atoms with Crippen LogP contribution in [0.25, 0.3) is 0 Å². The molecule has 0 aliphatic rings. The predicted octanol–water partition coefficient (Wildman–Crippen LogP) is -0.352. The second-order valence-corrected chi connectivity index (χ2v) is 1.68. The first-order valence-corrected chi connectivity index (χ1v) is 2.73. The van der Waals surface area contributed by atoms with Crippen molar-refractivity contribution in [2.45, 2.75) is 0 Å². The van der Waals surface area contributed by atoms with Gasteiger partial charge in [0.1, 0.15) is 0 Å². The number of hydrogen-bond donors (Lipinski definition) is 1. The number of methoxy groups -OCH3 is 2. The molecule has 0 radical (unpaired) electrons. The molecular formula is C6H11NO3. The third-order valence-electron chi connectivity index (χ3n) is 0.815. The van der Waals surface area contributed by atoms with E-state index in [1.54, 1.807) is 0 Å². The van der Waals surface area contributed by atoms with E-state index in [1.165, 1.54) is 20.3 Å². The van der Waals surface area contributed by atoms with Crippen LogP contribution in [0.15, 0.2) is 11.8 Å². The van der Waals surface area contributed by atoms with Crippen LogP contribution in [0.5, 0.6) is 0 Å². The first-order chi connectivity index (χ1) is 4.70. The zero-order valence-corrected chi connectivity index (χ0v) is 6.09. The maximum atomic E-state index is 10.5. The molecule has 0 unspecified atom stereocenters. The normalized spacial score (nSPS) is 11.2. The van der Waals surface area contributed by atoms with Crippen LogP contribution >= 0.6 is 0 Å². The van der Waals surface area contributed by atoms with E-state index >= 15 is 0 Å². The summed E-state index contributed by atoms with van der Waals surface area (Å²) in [7, 11) is 2.79. The first-order valence-electron chi connectivity index (χ1n) is 2.73. The fourth-order valence-electron chi connectivity index (χ4n) is 0.419. The summed E-state index contributed by atoms with van der Waals surface area (Å²) in [5.41, 5.74) is 5.65. The number of nitrogens with two attached hydrogens (primary N) is 1. The fourth-order valence-corrected chi connectivity index (χ4v) is 0.419. The van der Waals surface area contributed by atoms with Crippen molar-refractivity contribution in [1.82, 2.24) is 0 Å². The molecule has 0 bridgehead atoms. The van der Waals surface area contributed by atoms with Crippen molar-refractivity contribution < 1.29 is 14.3 Å². The van der Waals surface area contributed by atoms with Gasteiger partial charge < -0.3 is 15.2 Å². The molecule has 58 valence electrons. The van der Waals surface area contributed by atoms with E-state index in [1.807, 2.05) is 0 Å². The van der Waals surface area contributed by atoms with E-state index in [-0.39, 0.29) is 6.61 Å². The standard InChI is InChI=1S/C6H11NO3/c1-9-4-5(7)3-6(8)10-2/h3H,4,7H2,1-2H3/b5-3-. The van der Waals surface area contributed by atoms with Crippen molar-refractivity contribution in [1.29, 1.82) is 0 Å². The van der Waals surface area contributed by atoms with Crippen LogP contribution in [-0.2, 0) is 14.3 Å². The van der Waals surface area contributed by atoms with Crippen molar-refractivity contribution in [2.75, 3.05) is 20.8 Å². The Balaban J connectivity index is 3.77. The van der Waals surface area contributed by atoms with Crippen LogP contribution < -0.4 is 5.73 Å².